The lowest BCUT2D eigenvalue weighted by Crippen LogP contribution is -2.51. The highest BCUT2D eigenvalue weighted by Crippen LogP contribution is 2.22. The van der Waals surface area contributed by atoms with Gasteiger partial charge in [-0.2, -0.15) is 0 Å². The van der Waals surface area contributed by atoms with Crippen molar-refractivity contribution in [1.29, 1.82) is 0 Å². The van der Waals surface area contributed by atoms with Gasteiger partial charge in [-0.1, -0.05) is 44.2 Å². The molecule has 150 valence electrons. The van der Waals surface area contributed by atoms with E-state index in [1.165, 1.54) is 0 Å². The molecule has 2 heterocycles. The van der Waals surface area contributed by atoms with Gasteiger partial charge in [-0.15, -0.1) is 10.2 Å². The molecule has 3 rings (SSSR count). The molecule has 28 heavy (non-hydrogen) atoms. The summed E-state index contributed by atoms with van der Waals surface area (Å²) in [5, 5.41) is 20.8. The van der Waals surface area contributed by atoms with E-state index in [2.05, 4.69) is 29.4 Å². The standard InChI is InChI=1S/C20H27N5O3/c1-13(2)9-16(15-7-5-4-6-8-15)21-19(26)12-24-11-18-23-22-14(3)25(18)10-17(24)20(27)28/h4-8,13,16-17H,9-12H2,1-3H3,(H,21,26)(H,27,28). The van der Waals surface area contributed by atoms with Crippen molar-refractivity contribution in [2.75, 3.05) is 6.54 Å². The molecule has 2 unspecified atom stereocenters. The Morgan fingerprint density at radius 2 is 1.96 bits per heavy atom. The van der Waals surface area contributed by atoms with Crippen molar-refractivity contribution in [3.63, 3.8) is 0 Å². The number of hydrogen-bond acceptors (Lipinski definition) is 5. The van der Waals surface area contributed by atoms with Crippen molar-refractivity contribution in [3.05, 3.63) is 47.5 Å². The second kappa shape index (κ2) is 8.52. The Morgan fingerprint density at radius 1 is 1.25 bits per heavy atom. The molecule has 0 spiro atoms. The van der Waals surface area contributed by atoms with Gasteiger partial charge in [0.25, 0.3) is 0 Å². The maximum Gasteiger partial charge on any atom is 0.322 e. The van der Waals surface area contributed by atoms with Crippen molar-refractivity contribution >= 4 is 11.9 Å². The van der Waals surface area contributed by atoms with Crippen LogP contribution in [0.25, 0.3) is 0 Å². The highest BCUT2D eigenvalue weighted by Gasteiger charge is 2.34. The molecule has 0 radical (unpaired) electrons. The third kappa shape index (κ3) is 4.56. The molecule has 1 amide bonds. The van der Waals surface area contributed by atoms with E-state index in [-0.39, 0.29) is 31.6 Å². The van der Waals surface area contributed by atoms with E-state index in [1.54, 1.807) is 16.4 Å². The second-order valence-corrected chi connectivity index (χ2v) is 7.69. The summed E-state index contributed by atoms with van der Waals surface area (Å²) in [6, 6.07) is 8.96. The van der Waals surface area contributed by atoms with E-state index >= 15 is 0 Å². The Balaban J connectivity index is 1.72. The quantitative estimate of drug-likeness (QED) is 0.753. The third-order valence-corrected chi connectivity index (χ3v) is 5.03. The number of fused-ring (bicyclic) bond motifs is 1. The lowest BCUT2D eigenvalue weighted by molar-refractivity contribution is -0.145. The number of amides is 1. The minimum atomic E-state index is -0.951. The number of nitrogens with zero attached hydrogens (tertiary/aromatic N) is 4. The molecule has 8 heteroatoms. The van der Waals surface area contributed by atoms with Crippen LogP contribution in [0.5, 0.6) is 0 Å². The predicted molar refractivity (Wildman–Crippen MR) is 103 cm³/mol. The number of aryl methyl sites for hydroxylation is 1. The fourth-order valence-corrected chi connectivity index (χ4v) is 3.62. The average Bonchev–Trinajstić information content (AvgIpc) is 3.00. The maximum absolute atomic E-state index is 12.8. The van der Waals surface area contributed by atoms with Gasteiger partial charge in [0, 0.05) is 0 Å². The summed E-state index contributed by atoms with van der Waals surface area (Å²) < 4.78 is 1.80. The van der Waals surface area contributed by atoms with Crippen molar-refractivity contribution < 1.29 is 14.7 Å². The van der Waals surface area contributed by atoms with Gasteiger partial charge in [-0.25, -0.2) is 0 Å². The van der Waals surface area contributed by atoms with E-state index in [0.29, 0.717) is 17.6 Å². The highest BCUT2D eigenvalue weighted by molar-refractivity contribution is 5.80. The highest BCUT2D eigenvalue weighted by atomic mass is 16.4. The number of aromatic nitrogens is 3. The zero-order valence-electron chi connectivity index (χ0n) is 16.5. The summed E-state index contributed by atoms with van der Waals surface area (Å²) in [4.78, 5) is 26.2. The van der Waals surface area contributed by atoms with Crippen LogP contribution in [0.2, 0.25) is 0 Å². The largest absolute Gasteiger partial charge is 0.480 e. The van der Waals surface area contributed by atoms with Crippen LogP contribution in [-0.2, 0) is 22.7 Å². The van der Waals surface area contributed by atoms with E-state index in [1.807, 2.05) is 30.3 Å². The lowest BCUT2D eigenvalue weighted by Gasteiger charge is -2.33. The molecule has 1 aliphatic heterocycles. The number of nitrogens with one attached hydrogen (secondary N) is 1. The van der Waals surface area contributed by atoms with Gasteiger partial charge in [0.1, 0.15) is 17.7 Å². The van der Waals surface area contributed by atoms with Gasteiger partial charge in [0.2, 0.25) is 5.91 Å². The fourth-order valence-electron chi connectivity index (χ4n) is 3.62. The molecule has 0 aliphatic carbocycles. The van der Waals surface area contributed by atoms with Crippen LogP contribution in [0.3, 0.4) is 0 Å². The molecule has 2 N–H and O–H groups in total. The van der Waals surface area contributed by atoms with E-state index < -0.39 is 12.0 Å². The molecule has 0 fully saturated rings. The molecule has 0 saturated heterocycles. The zero-order chi connectivity index (χ0) is 20.3. The first-order chi connectivity index (χ1) is 13.3. The molecule has 1 aromatic carbocycles. The SMILES string of the molecule is Cc1nnc2n1CC(C(=O)O)N(CC(=O)NC(CC(C)C)c1ccccc1)C2. The monoisotopic (exact) mass is 385 g/mol. The molecule has 2 atom stereocenters. The molecular formula is C20H27N5O3. The fraction of sp³-hybridized carbons (Fsp3) is 0.500. The first-order valence-corrected chi connectivity index (χ1v) is 9.55. The summed E-state index contributed by atoms with van der Waals surface area (Å²) in [7, 11) is 0. The van der Waals surface area contributed by atoms with Crippen LogP contribution in [0, 0.1) is 12.8 Å². The molecule has 8 nitrogen and oxygen atoms in total. The Morgan fingerprint density at radius 3 is 2.61 bits per heavy atom. The normalized spacial score (nSPS) is 17.9. The topological polar surface area (TPSA) is 100 Å². The number of hydrogen-bond donors (Lipinski definition) is 2. The molecule has 1 aliphatic rings. The van der Waals surface area contributed by atoms with Crippen LogP contribution >= 0.6 is 0 Å². The number of rotatable bonds is 7. The Bertz CT molecular complexity index is 834. The molecule has 1 aromatic heterocycles. The van der Waals surface area contributed by atoms with Crippen molar-refractivity contribution in [2.45, 2.75) is 52.4 Å². The summed E-state index contributed by atoms with van der Waals surface area (Å²) in [6.07, 6.45) is 0.811. The predicted octanol–water partition coefficient (Wildman–Crippen LogP) is 1.76. The Labute approximate surface area is 164 Å². The summed E-state index contributed by atoms with van der Waals surface area (Å²) in [5.41, 5.74) is 1.05. The van der Waals surface area contributed by atoms with E-state index in [9.17, 15) is 14.7 Å². The van der Waals surface area contributed by atoms with Gasteiger partial charge in [0.05, 0.1) is 25.7 Å². The van der Waals surface area contributed by atoms with Crippen molar-refractivity contribution in [3.8, 4) is 0 Å². The average molecular weight is 385 g/mol. The third-order valence-electron chi connectivity index (χ3n) is 5.03. The smallest absolute Gasteiger partial charge is 0.322 e. The number of carboxylic acid groups (broad SMARTS) is 1. The van der Waals surface area contributed by atoms with Crippen LogP contribution in [0.1, 0.15) is 43.5 Å². The van der Waals surface area contributed by atoms with Crippen molar-refractivity contribution in [2.24, 2.45) is 5.92 Å². The first kappa shape index (κ1) is 20.0. The molecule has 0 bridgehead atoms. The number of aliphatic carboxylic acids is 1. The number of carbonyl (C=O) groups is 2. The first-order valence-electron chi connectivity index (χ1n) is 9.55. The number of benzene rings is 1. The molecule has 0 saturated carbocycles. The lowest BCUT2D eigenvalue weighted by atomic mass is 9.97. The van der Waals surface area contributed by atoms with Gasteiger partial charge >= 0.3 is 5.97 Å². The second-order valence-electron chi connectivity index (χ2n) is 7.69. The van der Waals surface area contributed by atoms with E-state index in [4.69, 9.17) is 0 Å². The maximum atomic E-state index is 12.8. The van der Waals surface area contributed by atoms with Gasteiger partial charge in [0.15, 0.2) is 0 Å². The number of carboxylic acids is 1. The Hall–Kier alpha value is -2.74. The van der Waals surface area contributed by atoms with Gasteiger partial charge in [-0.3, -0.25) is 14.5 Å². The minimum absolute atomic E-state index is 0.00427. The Kier molecular flexibility index (Phi) is 6.08. The molecular weight excluding hydrogens is 358 g/mol. The zero-order valence-corrected chi connectivity index (χ0v) is 16.5. The van der Waals surface area contributed by atoms with Crippen molar-refractivity contribution in [1.82, 2.24) is 25.0 Å². The summed E-state index contributed by atoms with van der Waals surface area (Å²) in [5.74, 6) is 0.642. The van der Waals surface area contributed by atoms with Gasteiger partial charge < -0.3 is 15.0 Å². The minimum Gasteiger partial charge on any atom is -0.480 e. The van der Waals surface area contributed by atoms with Crippen LogP contribution in [0.4, 0.5) is 0 Å². The molecule has 2 aromatic rings. The van der Waals surface area contributed by atoms with Crippen LogP contribution < -0.4 is 5.32 Å². The number of carbonyl (C=O) groups excluding carboxylic acids is 1. The summed E-state index contributed by atoms with van der Waals surface area (Å²) >= 11 is 0. The van der Waals surface area contributed by atoms with Crippen LogP contribution in [-0.4, -0.2) is 49.2 Å². The van der Waals surface area contributed by atoms with E-state index in [0.717, 1.165) is 12.0 Å². The van der Waals surface area contributed by atoms with Gasteiger partial charge in [-0.05, 0) is 24.8 Å². The summed E-state index contributed by atoms with van der Waals surface area (Å²) in [6.45, 7) is 6.56. The van der Waals surface area contributed by atoms with Crippen LogP contribution in [0.15, 0.2) is 30.3 Å².